The van der Waals surface area contributed by atoms with E-state index in [0.717, 1.165) is 13.7 Å². The minimum atomic E-state index is -0.193. The molecule has 0 spiro atoms. The molecule has 1 aromatic carbocycles. The summed E-state index contributed by atoms with van der Waals surface area (Å²) in [5.74, 6) is 0.576. The van der Waals surface area contributed by atoms with Crippen LogP contribution in [0.4, 0.5) is 5.82 Å². The van der Waals surface area contributed by atoms with Gasteiger partial charge in [0.05, 0.1) is 16.8 Å². The Morgan fingerprint density at radius 1 is 1.33 bits per heavy atom. The second-order valence-corrected chi connectivity index (χ2v) is 7.91. The van der Waals surface area contributed by atoms with E-state index in [1.165, 1.54) is 0 Å². The van der Waals surface area contributed by atoms with Crippen molar-refractivity contribution >= 4 is 50.2 Å². The molecule has 0 aliphatic heterocycles. The Labute approximate surface area is 146 Å². The number of aromatic nitrogens is 2. The van der Waals surface area contributed by atoms with Crippen molar-refractivity contribution in [1.82, 2.24) is 9.78 Å². The van der Waals surface area contributed by atoms with Crippen LogP contribution < -0.4 is 5.32 Å². The Morgan fingerprint density at radius 2 is 2.00 bits per heavy atom. The van der Waals surface area contributed by atoms with Crippen LogP contribution in [0.1, 0.15) is 36.8 Å². The molecule has 112 valence electrons. The van der Waals surface area contributed by atoms with Crippen LogP contribution >= 0.6 is 38.5 Å². The molecule has 0 bridgehead atoms. The third-order valence-corrected chi connectivity index (χ3v) is 4.32. The highest BCUT2D eigenvalue weighted by Crippen LogP contribution is 2.23. The molecule has 2 aromatic rings. The Kier molecular flexibility index (Phi) is 4.77. The van der Waals surface area contributed by atoms with Gasteiger partial charge in [-0.1, -0.05) is 15.9 Å². The Balaban J connectivity index is 2.34. The topological polar surface area (TPSA) is 46.9 Å². The summed E-state index contributed by atoms with van der Waals surface area (Å²) in [6, 6.07) is 7.53. The number of halogens is 2. The lowest BCUT2D eigenvalue weighted by Crippen LogP contribution is -2.27. The third kappa shape index (κ3) is 3.85. The van der Waals surface area contributed by atoms with Crippen LogP contribution in [0.25, 0.3) is 0 Å². The molecule has 0 radical (unpaired) electrons. The summed E-state index contributed by atoms with van der Waals surface area (Å²) in [7, 11) is 0. The van der Waals surface area contributed by atoms with Crippen LogP contribution in [0.5, 0.6) is 0 Å². The molecule has 21 heavy (non-hydrogen) atoms. The third-order valence-electron chi connectivity index (χ3n) is 2.88. The van der Waals surface area contributed by atoms with E-state index in [0.29, 0.717) is 11.4 Å². The van der Waals surface area contributed by atoms with Crippen molar-refractivity contribution < 1.29 is 4.79 Å². The predicted molar refractivity (Wildman–Crippen MR) is 96.8 cm³/mol. The number of hydrogen-bond donors (Lipinski definition) is 1. The summed E-state index contributed by atoms with van der Waals surface area (Å²) in [5.41, 5.74) is 1.33. The molecule has 0 aliphatic carbocycles. The van der Waals surface area contributed by atoms with Gasteiger partial charge in [-0.3, -0.25) is 4.79 Å². The number of nitrogens with one attached hydrogen (secondary N) is 1. The van der Waals surface area contributed by atoms with Gasteiger partial charge in [-0.25, -0.2) is 4.68 Å². The lowest BCUT2D eigenvalue weighted by Gasteiger charge is -2.22. The number of rotatable bonds is 2. The Bertz CT molecular complexity index is 689. The lowest BCUT2D eigenvalue weighted by atomic mass is 10.1. The van der Waals surface area contributed by atoms with Crippen molar-refractivity contribution in [1.29, 1.82) is 0 Å². The summed E-state index contributed by atoms with van der Waals surface area (Å²) in [6.07, 6.45) is 0. The first-order chi connectivity index (χ1) is 9.68. The van der Waals surface area contributed by atoms with Gasteiger partial charge in [-0.05, 0) is 68.5 Å². The smallest absolute Gasteiger partial charge is 0.257 e. The highest BCUT2D eigenvalue weighted by atomic mass is 127. The van der Waals surface area contributed by atoms with E-state index in [-0.39, 0.29) is 11.4 Å². The molecule has 0 saturated carbocycles. The maximum absolute atomic E-state index is 12.5. The van der Waals surface area contributed by atoms with Gasteiger partial charge in [0.2, 0.25) is 0 Å². The van der Waals surface area contributed by atoms with E-state index in [9.17, 15) is 4.79 Å². The zero-order chi connectivity index (χ0) is 15.8. The van der Waals surface area contributed by atoms with Crippen molar-refractivity contribution in [2.24, 2.45) is 0 Å². The molecule has 1 N–H and O–H groups in total. The van der Waals surface area contributed by atoms with Crippen molar-refractivity contribution in [3.8, 4) is 0 Å². The fourth-order valence-electron chi connectivity index (χ4n) is 1.96. The first kappa shape index (κ1) is 16.5. The summed E-state index contributed by atoms with van der Waals surface area (Å²) in [6.45, 7) is 8.08. The number of anilines is 1. The number of benzene rings is 1. The highest BCUT2D eigenvalue weighted by Gasteiger charge is 2.21. The number of hydrogen-bond acceptors (Lipinski definition) is 2. The minimum absolute atomic E-state index is 0.133. The van der Waals surface area contributed by atoms with Crippen LogP contribution in [0, 0.1) is 10.5 Å². The maximum atomic E-state index is 12.5. The molecule has 0 atom stereocenters. The normalized spacial score (nSPS) is 11.5. The predicted octanol–water partition coefficient (Wildman–Crippen LogP) is 4.57. The van der Waals surface area contributed by atoms with Gasteiger partial charge < -0.3 is 5.32 Å². The van der Waals surface area contributed by atoms with Crippen molar-refractivity contribution in [2.45, 2.75) is 33.2 Å². The molecular weight excluding hydrogens is 445 g/mol. The van der Waals surface area contributed by atoms with Gasteiger partial charge >= 0.3 is 0 Å². The van der Waals surface area contributed by atoms with Crippen molar-refractivity contribution in [2.75, 3.05) is 5.32 Å². The summed E-state index contributed by atoms with van der Waals surface area (Å²) in [5, 5.41) is 7.42. The van der Waals surface area contributed by atoms with Crippen LogP contribution in [0.15, 0.2) is 28.7 Å². The molecule has 0 saturated heterocycles. The number of nitrogens with zero attached hydrogens (tertiary/aromatic N) is 2. The fourth-order valence-corrected chi connectivity index (χ4v) is 2.90. The molecule has 6 heteroatoms. The highest BCUT2D eigenvalue weighted by molar-refractivity contribution is 14.1. The van der Waals surface area contributed by atoms with Gasteiger partial charge in [0.25, 0.3) is 5.91 Å². The second-order valence-electron chi connectivity index (χ2n) is 5.83. The fraction of sp³-hybridized carbons (Fsp3) is 0.333. The molecule has 0 fully saturated rings. The SMILES string of the molecule is Cc1cc(NC(=O)c2cc(Br)ccc2I)n(C(C)(C)C)n1. The van der Waals surface area contributed by atoms with Crippen LogP contribution in [-0.4, -0.2) is 15.7 Å². The second kappa shape index (κ2) is 6.08. The Hall–Kier alpha value is -0.890. The maximum Gasteiger partial charge on any atom is 0.257 e. The van der Waals surface area contributed by atoms with Gasteiger partial charge in [-0.15, -0.1) is 0 Å². The van der Waals surface area contributed by atoms with Crippen LogP contribution in [0.2, 0.25) is 0 Å². The van der Waals surface area contributed by atoms with Crippen LogP contribution in [-0.2, 0) is 5.54 Å². The van der Waals surface area contributed by atoms with Crippen LogP contribution in [0.3, 0.4) is 0 Å². The summed E-state index contributed by atoms with van der Waals surface area (Å²) in [4.78, 5) is 12.5. The average molecular weight is 462 g/mol. The van der Waals surface area contributed by atoms with Gasteiger partial charge in [0.15, 0.2) is 0 Å². The summed E-state index contributed by atoms with van der Waals surface area (Å²) >= 11 is 5.56. The van der Waals surface area contributed by atoms with E-state index in [2.05, 4.69) is 69.7 Å². The lowest BCUT2D eigenvalue weighted by molar-refractivity contribution is 0.102. The van der Waals surface area contributed by atoms with Crippen molar-refractivity contribution in [3.63, 3.8) is 0 Å². The quantitative estimate of drug-likeness (QED) is 0.666. The summed E-state index contributed by atoms with van der Waals surface area (Å²) < 4.78 is 3.63. The zero-order valence-corrected chi connectivity index (χ0v) is 16.1. The number of carbonyl (C=O) groups excluding carboxylic acids is 1. The Morgan fingerprint density at radius 3 is 2.62 bits per heavy atom. The molecule has 0 unspecified atom stereocenters. The number of amides is 1. The standard InChI is InChI=1S/C15H17BrIN3O/c1-9-7-13(20(19-9)15(2,3)4)18-14(21)11-8-10(16)5-6-12(11)17/h5-8H,1-4H3,(H,18,21). The largest absolute Gasteiger partial charge is 0.307 e. The van der Waals surface area contributed by atoms with E-state index >= 15 is 0 Å². The van der Waals surface area contributed by atoms with E-state index < -0.39 is 0 Å². The molecule has 0 aliphatic rings. The first-order valence-corrected chi connectivity index (χ1v) is 8.39. The van der Waals surface area contributed by atoms with E-state index in [1.807, 2.05) is 35.9 Å². The monoisotopic (exact) mass is 461 g/mol. The number of aryl methyl sites for hydroxylation is 1. The molecule has 1 amide bonds. The zero-order valence-electron chi connectivity index (χ0n) is 12.4. The molecule has 4 nitrogen and oxygen atoms in total. The van der Waals surface area contributed by atoms with Gasteiger partial charge in [0.1, 0.15) is 5.82 Å². The van der Waals surface area contributed by atoms with E-state index in [1.54, 1.807) is 0 Å². The first-order valence-electron chi connectivity index (χ1n) is 6.52. The van der Waals surface area contributed by atoms with Crippen molar-refractivity contribution in [3.05, 3.63) is 43.6 Å². The minimum Gasteiger partial charge on any atom is -0.307 e. The average Bonchev–Trinajstić information content (AvgIpc) is 2.73. The van der Waals surface area contributed by atoms with Gasteiger partial charge in [0, 0.05) is 14.1 Å². The molecule has 2 rings (SSSR count). The van der Waals surface area contributed by atoms with E-state index in [4.69, 9.17) is 0 Å². The number of carbonyl (C=O) groups is 1. The molecule has 1 heterocycles. The molecular formula is C15H17BrIN3O. The van der Waals surface area contributed by atoms with Gasteiger partial charge in [-0.2, -0.15) is 5.10 Å². The molecule has 1 aromatic heterocycles.